The molecule has 1 aliphatic heterocycles. The SMILES string of the molecule is CN1CCOc2ccc(NC(=O)COc3ccccc3F)cc2C1=O. The highest BCUT2D eigenvalue weighted by Crippen LogP contribution is 2.26. The molecule has 1 aliphatic rings. The molecule has 1 N–H and O–H groups in total. The monoisotopic (exact) mass is 344 g/mol. The van der Waals surface area contributed by atoms with E-state index >= 15 is 0 Å². The van der Waals surface area contributed by atoms with Crippen molar-refractivity contribution in [1.29, 1.82) is 0 Å². The lowest BCUT2D eigenvalue weighted by Crippen LogP contribution is -2.28. The summed E-state index contributed by atoms with van der Waals surface area (Å²) in [7, 11) is 1.69. The number of nitrogens with one attached hydrogen (secondary N) is 1. The maximum atomic E-state index is 13.5. The summed E-state index contributed by atoms with van der Waals surface area (Å²) in [5.74, 6) is -0.685. The minimum absolute atomic E-state index is 0.00443. The van der Waals surface area contributed by atoms with E-state index in [9.17, 15) is 14.0 Å². The maximum Gasteiger partial charge on any atom is 0.262 e. The van der Waals surface area contributed by atoms with Crippen LogP contribution in [-0.2, 0) is 4.79 Å². The van der Waals surface area contributed by atoms with Crippen molar-refractivity contribution in [1.82, 2.24) is 4.90 Å². The van der Waals surface area contributed by atoms with Crippen LogP contribution in [-0.4, -0.2) is 43.5 Å². The molecule has 0 unspecified atom stereocenters. The number of rotatable bonds is 4. The van der Waals surface area contributed by atoms with Gasteiger partial charge in [-0.3, -0.25) is 9.59 Å². The Balaban J connectivity index is 1.67. The van der Waals surface area contributed by atoms with Gasteiger partial charge in [0.2, 0.25) is 0 Å². The van der Waals surface area contributed by atoms with Crippen LogP contribution in [0.2, 0.25) is 0 Å². The molecule has 0 radical (unpaired) electrons. The van der Waals surface area contributed by atoms with Gasteiger partial charge >= 0.3 is 0 Å². The van der Waals surface area contributed by atoms with Gasteiger partial charge in [-0.15, -0.1) is 0 Å². The van der Waals surface area contributed by atoms with E-state index in [1.54, 1.807) is 36.2 Å². The molecule has 0 saturated carbocycles. The molecule has 2 aromatic carbocycles. The zero-order valence-corrected chi connectivity index (χ0v) is 13.6. The normalized spacial score (nSPS) is 13.5. The summed E-state index contributed by atoms with van der Waals surface area (Å²) >= 11 is 0. The number of nitrogens with zero attached hydrogens (tertiary/aromatic N) is 1. The van der Waals surface area contributed by atoms with E-state index in [0.29, 0.717) is 30.2 Å². The average molecular weight is 344 g/mol. The van der Waals surface area contributed by atoms with Crippen molar-refractivity contribution in [3.63, 3.8) is 0 Å². The molecule has 3 rings (SSSR count). The Morgan fingerprint density at radius 3 is 2.92 bits per heavy atom. The number of anilines is 1. The van der Waals surface area contributed by atoms with E-state index in [2.05, 4.69) is 5.32 Å². The second kappa shape index (κ2) is 7.21. The zero-order chi connectivity index (χ0) is 17.8. The number of fused-ring (bicyclic) bond motifs is 1. The van der Waals surface area contributed by atoms with Crippen LogP contribution in [0, 0.1) is 5.82 Å². The molecule has 0 atom stereocenters. The van der Waals surface area contributed by atoms with Crippen LogP contribution in [0.3, 0.4) is 0 Å². The molecule has 0 bridgehead atoms. The van der Waals surface area contributed by atoms with Crippen LogP contribution >= 0.6 is 0 Å². The lowest BCUT2D eigenvalue weighted by atomic mass is 10.1. The van der Waals surface area contributed by atoms with E-state index in [-0.39, 0.29) is 18.3 Å². The first-order valence-electron chi connectivity index (χ1n) is 7.74. The average Bonchev–Trinajstić information content (AvgIpc) is 2.74. The topological polar surface area (TPSA) is 67.9 Å². The fourth-order valence-corrected chi connectivity index (χ4v) is 2.40. The molecule has 25 heavy (non-hydrogen) atoms. The third kappa shape index (κ3) is 3.88. The second-order valence-electron chi connectivity index (χ2n) is 5.55. The Hall–Kier alpha value is -3.09. The van der Waals surface area contributed by atoms with E-state index in [0.717, 1.165) is 0 Å². The van der Waals surface area contributed by atoms with Crippen molar-refractivity contribution in [3.05, 3.63) is 53.8 Å². The molecule has 0 saturated heterocycles. The van der Waals surface area contributed by atoms with Crippen LogP contribution in [0.25, 0.3) is 0 Å². The van der Waals surface area contributed by atoms with Crippen molar-refractivity contribution in [3.8, 4) is 11.5 Å². The Labute approximate surface area is 144 Å². The van der Waals surface area contributed by atoms with Gasteiger partial charge in [-0.25, -0.2) is 4.39 Å². The van der Waals surface area contributed by atoms with Crippen molar-refractivity contribution in [2.45, 2.75) is 0 Å². The molecule has 6 nitrogen and oxygen atoms in total. The van der Waals surface area contributed by atoms with Gasteiger partial charge in [-0.1, -0.05) is 12.1 Å². The Kier molecular flexibility index (Phi) is 4.83. The molecule has 0 aromatic heterocycles. The number of carbonyl (C=O) groups is 2. The summed E-state index contributed by atoms with van der Waals surface area (Å²) in [6.07, 6.45) is 0. The van der Waals surface area contributed by atoms with Crippen LogP contribution in [0.15, 0.2) is 42.5 Å². The van der Waals surface area contributed by atoms with Gasteiger partial charge in [0.1, 0.15) is 12.4 Å². The standard InChI is InChI=1S/C18H17FN2O4/c1-21-8-9-24-15-7-6-12(10-13(15)18(21)23)20-17(22)11-25-16-5-3-2-4-14(16)19/h2-7,10H,8-9,11H2,1H3,(H,20,22). The maximum absolute atomic E-state index is 13.5. The highest BCUT2D eigenvalue weighted by atomic mass is 19.1. The number of benzene rings is 2. The number of para-hydroxylation sites is 1. The molecular formula is C18H17FN2O4. The lowest BCUT2D eigenvalue weighted by Gasteiger charge is -2.13. The van der Waals surface area contributed by atoms with Crippen molar-refractivity contribution in [2.24, 2.45) is 0 Å². The van der Waals surface area contributed by atoms with Crippen molar-refractivity contribution >= 4 is 17.5 Å². The van der Waals surface area contributed by atoms with Gasteiger partial charge in [0, 0.05) is 12.7 Å². The summed E-state index contributed by atoms with van der Waals surface area (Å²) in [4.78, 5) is 25.8. The summed E-state index contributed by atoms with van der Waals surface area (Å²) in [6.45, 7) is 0.561. The number of ether oxygens (including phenoxy) is 2. The third-order valence-corrected chi connectivity index (χ3v) is 3.72. The largest absolute Gasteiger partial charge is 0.491 e. The minimum Gasteiger partial charge on any atom is -0.491 e. The minimum atomic E-state index is -0.536. The Morgan fingerprint density at radius 1 is 1.32 bits per heavy atom. The van der Waals surface area contributed by atoms with Gasteiger partial charge < -0.3 is 19.7 Å². The summed E-state index contributed by atoms with van der Waals surface area (Å²) in [5, 5.41) is 2.62. The fraction of sp³-hybridized carbons (Fsp3) is 0.222. The predicted molar refractivity (Wildman–Crippen MR) is 89.4 cm³/mol. The molecule has 1 heterocycles. The molecule has 2 amide bonds. The lowest BCUT2D eigenvalue weighted by molar-refractivity contribution is -0.118. The summed E-state index contributed by atoms with van der Waals surface area (Å²) in [5.41, 5.74) is 0.820. The predicted octanol–water partition coefficient (Wildman–Crippen LogP) is 2.31. The molecule has 130 valence electrons. The first kappa shape index (κ1) is 16.8. The van der Waals surface area contributed by atoms with Gasteiger partial charge in [-0.05, 0) is 30.3 Å². The van der Waals surface area contributed by atoms with E-state index in [1.807, 2.05) is 0 Å². The number of likely N-dealkylation sites (N-methyl/N-ethyl adjacent to an activating group) is 1. The Bertz CT molecular complexity index is 809. The number of hydrogen-bond donors (Lipinski definition) is 1. The van der Waals surface area contributed by atoms with Crippen molar-refractivity contribution < 1.29 is 23.5 Å². The summed E-state index contributed by atoms with van der Waals surface area (Å²) < 4.78 is 24.1. The highest BCUT2D eigenvalue weighted by Gasteiger charge is 2.21. The zero-order valence-electron chi connectivity index (χ0n) is 13.6. The molecule has 2 aromatic rings. The number of amides is 2. The number of hydrogen-bond acceptors (Lipinski definition) is 4. The Morgan fingerprint density at radius 2 is 2.12 bits per heavy atom. The van der Waals surface area contributed by atoms with Crippen molar-refractivity contribution in [2.75, 3.05) is 32.1 Å². The third-order valence-electron chi connectivity index (χ3n) is 3.72. The fourth-order valence-electron chi connectivity index (χ4n) is 2.40. The van der Waals surface area contributed by atoms with Crippen LogP contribution < -0.4 is 14.8 Å². The molecule has 0 aliphatic carbocycles. The van der Waals surface area contributed by atoms with Gasteiger partial charge in [0.25, 0.3) is 11.8 Å². The van der Waals surface area contributed by atoms with Crippen LogP contribution in [0.1, 0.15) is 10.4 Å². The molecule has 7 heteroatoms. The van der Waals surface area contributed by atoms with Crippen LogP contribution in [0.4, 0.5) is 10.1 Å². The molecular weight excluding hydrogens is 327 g/mol. The molecule has 0 spiro atoms. The first-order chi connectivity index (χ1) is 12.0. The number of carbonyl (C=O) groups excluding carboxylic acids is 2. The van der Waals surface area contributed by atoms with E-state index in [1.165, 1.54) is 18.2 Å². The van der Waals surface area contributed by atoms with Gasteiger partial charge in [0.15, 0.2) is 18.2 Å². The van der Waals surface area contributed by atoms with Crippen LogP contribution in [0.5, 0.6) is 11.5 Å². The summed E-state index contributed by atoms with van der Waals surface area (Å²) in [6, 6.07) is 10.7. The van der Waals surface area contributed by atoms with Gasteiger partial charge in [0.05, 0.1) is 12.1 Å². The second-order valence-corrected chi connectivity index (χ2v) is 5.55. The van der Waals surface area contributed by atoms with E-state index in [4.69, 9.17) is 9.47 Å². The quantitative estimate of drug-likeness (QED) is 0.924. The molecule has 0 fully saturated rings. The first-order valence-corrected chi connectivity index (χ1v) is 7.74. The smallest absolute Gasteiger partial charge is 0.262 e. The number of halogens is 1. The van der Waals surface area contributed by atoms with Gasteiger partial charge in [-0.2, -0.15) is 0 Å². The highest BCUT2D eigenvalue weighted by molar-refractivity contribution is 5.99. The van der Waals surface area contributed by atoms with E-state index < -0.39 is 11.7 Å².